The van der Waals surface area contributed by atoms with E-state index < -0.39 is 0 Å². The molecule has 2 aromatic rings. The summed E-state index contributed by atoms with van der Waals surface area (Å²) in [6.07, 6.45) is 7.58. The van der Waals surface area contributed by atoms with Crippen molar-refractivity contribution in [3.8, 4) is 0 Å². The Hall–Kier alpha value is -2.07. The van der Waals surface area contributed by atoms with E-state index in [4.69, 9.17) is 4.42 Å². The van der Waals surface area contributed by atoms with Gasteiger partial charge in [0.2, 0.25) is 5.91 Å². The molecular weight excluding hydrogens is 312 g/mol. The highest BCUT2D eigenvalue weighted by atomic mass is 16.3. The number of hydrogen-bond donors (Lipinski definition) is 1. The Labute approximate surface area is 150 Å². The molecule has 1 heterocycles. The van der Waals surface area contributed by atoms with Crippen molar-refractivity contribution in [2.75, 3.05) is 13.1 Å². The molecule has 1 aromatic heterocycles. The van der Waals surface area contributed by atoms with Gasteiger partial charge in [0.1, 0.15) is 5.76 Å². The molecule has 4 nitrogen and oxygen atoms in total. The zero-order valence-electron chi connectivity index (χ0n) is 15.0. The van der Waals surface area contributed by atoms with Gasteiger partial charge in [-0.05, 0) is 43.9 Å². The average molecular weight is 340 g/mol. The van der Waals surface area contributed by atoms with Crippen molar-refractivity contribution < 1.29 is 9.21 Å². The Bertz CT molecular complexity index is 633. The van der Waals surface area contributed by atoms with Crippen LogP contribution in [0.4, 0.5) is 0 Å². The van der Waals surface area contributed by atoms with Crippen LogP contribution in [0.2, 0.25) is 0 Å². The summed E-state index contributed by atoms with van der Waals surface area (Å²) in [5.41, 5.74) is 1.33. The first-order valence-corrected chi connectivity index (χ1v) is 9.33. The van der Waals surface area contributed by atoms with E-state index in [2.05, 4.69) is 34.5 Å². The number of nitrogens with zero attached hydrogens (tertiary/aromatic N) is 1. The fraction of sp³-hybridized carbons (Fsp3) is 0.476. The normalized spacial score (nSPS) is 16.2. The quantitative estimate of drug-likeness (QED) is 0.791. The van der Waals surface area contributed by atoms with Crippen LogP contribution < -0.4 is 5.32 Å². The number of nitrogens with one attached hydrogen (secondary N) is 1. The summed E-state index contributed by atoms with van der Waals surface area (Å²) in [4.78, 5) is 14.9. The van der Waals surface area contributed by atoms with Crippen molar-refractivity contribution in [3.05, 3.63) is 60.1 Å². The van der Waals surface area contributed by atoms with Crippen LogP contribution in [-0.4, -0.2) is 29.9 Å². The van der Waals surface area contributed by atoms with Crippen LogP contribution in [0.3, 0.4) is 0 Å². The Morgan fingerprint density at radius 2 is 1.96 bits per heavy atom. The fourth-order valence-corrected chi connectivity index (χ4v) is 3.66. The lowest BCUT2D eigenvalue weighted by atomic mass is 10.1. The molecule has 134 valence electrons. The number of hydrogen-bond acceptors (Lipinski definition) is 3. The molecule has 0 radical (unpaired) electrons. The molecule has 0 spiro atoms. The minimum atomic E-state index is -0.0953. The molecule has 0 saturated heterocycles. The first-order valence-electron chi connectivity index (χ1n) is 9.33. The van der Waals surface area contributed by atoms with Gasteiger partial charge in [-0.1, -0.05) is 43.2 Å². The predicted octanol–water partition coefficient (Wildman–Crippen LogP) is 3.94. The summed E-state index contributed by atoms with van der Waals surface area (Å²) in [5.74, 6) is 0.869. The van der Waals surface area contributed by atoms with Crippen molar-refractivity contribution in [1.82, 2.24) is 10.2 Å². The molecule has 4 heteroatoms. The van der Waals surface area contributed by atoms with Crippen LogP contribution in [-0.2, 0) is 11.2 Å². The number of furan rings is 1. The van der Waals surface area contributed by atoms with Gasteiger partial charge in [0.25, 0.3) is 0 Å². The van der Waals surface area contributed by atoms with Gasteiger partial charge in [-0.3, -0.25) is 9.69 Å². The van der Waals surface area contributed by atoms with Gasteiger partial charge in [-0.25, -0.2) is 0 Å². The number of carbonyl (C=O) groups excluding carboxylic acids is 1. The molecule has 1 fully saturated rings. The lowest BCUT2D eigenvalue weighted by Crippen LogP contribution is -2.43. The average Bonchev–Trinajstić information content (AvgIpc) is 3.32. The molecule has 1 unspecified atom stereocenters. The largest absolute Gasteiger partial charge is 0.467 e. The molecule has 3 rings (SSSR count). The molecule has 1 saturated carbocycles. The van der Waals surface area contributed by atoms with E-state index in [9.17, 15) is 4.79 Å². The first-order chi connectivity index (χ1) is 12.2. The standard InChI is InChI=1S/C21H28N2O2/c1-17(20-12-7-15-25-20)22-21(24)16-23(19-10-5-6-11-19)14-13-18-8-3-2-4-9-18/h2-4,7-9,12,15,17,19H,5-6,10-11,13-14,16H2,1H3,(H,22,24). The highest BCUT2D eigenvalue weighted by molar-refractivity contribution is 5.78. The summed E-state index contributed by atoms with van der Waals surface area (Å²) in [5, 5.41) is 3.06. The molecule has 1 N–H and O–H groups in total. The third-order valence-corrected chi connectivity index (χ3v) is 5.07. The molecule has 1 aliphatic rings. The Balaban J connectivity index is 1.56. The van der Waals surface area contributed by atoms with Crippen LogP contribution >= 0.6 is 0 Å². The van der Waals surface area contributed by atoms with E-state index in [0.29, 0.717) is 12.6 Å². The van der Waals surface area contributed by atoms with Crippen molar-refractivity contribution >= 4 is 5.91 Å². The zero-order valence-corrected chi connectivity index (χ0v) is 15.0. The SMILES string of the molecule is CC(NC(=O)CN(CCc1ccccc1)C1CCCC1)c1ccco1. The summed E-state index contributed by atoms with van der Waals surface area (Å²) in [6, 6.07) is 14.7. The molecule has 25 heavy (non-hydrogen) atoms. The molecular formula is C21H28N2O2. The van der Waals surface area contributed by atoms with E-state index in [1.807, 2.05) is 25.1 Å². The second kappa shape index (κ2) is 8.86. The lowest BCUT2D eigenvalue weighted by Gasteiger charge is -2.28. The Morgan fingerprint density at radius 3 is 2.64 bits per heavy atom. The predicted molar refractivity (Wildman–Crippen MR) is 99.2 cm³/mol. The van der Waals surface area contributed by atoms with E-state index >= 15 is 0 Å². The lowest BCUT2D eigenvalue weighted by molar-refractivity contribution is -0.123. The maximum absolute atomic E-state index is 12.5. The van der Waals surface area contributed by atoms with Crippen LogP contribution in [0, 0.1) is 0 Å². The van der Waals surface area contributed by atoms with Crippen molar-refractivity contribution in [2.24, 2.45) is 0 Å². The van der Waals surface area contributed by atoms with Crippen LogP contribution in [0.1, 0.15) is 50.0 Å². The third kappa shape index (κ3) is 5.20. The van der Waals surface area contributed by atoms with Gasteiger partial charge in [0.05, 0.1) is 18.8 Å². The second-order valence-electron chi connectivity index (χ2n) is 6.95. The highest BCUT2D eigenvalue weighted by Crippen LogP contribution is 2.23. The van der Waals surface area contributed by atoms with Gasteiger partial charge >= 0.3 is 0 Å². The number of benzene rings is 1. The number of carbonyl (C=O) groups is 1. The smallest absolute Gasteiger partial charge is 0.234 e. The van der Waals surface area contributed by atoms with Gasteiger partial charge in [0.15, 0.2) is 0 Å². The van der Waals surface area contributed by atoms with Gasteiger partial charge < -0.3 is 9.73 Å². The Kier molecular flexibility index (Phi) is 6.29. The summed E-state index contributed by atoms with van der Waals surface area (Å²) in [7, 11) is 0. The summed E-state index contributed by atoms with van der Waals surface area (Å²) in [6.45, 7) is 3.35. The third-order valence-electron chi connectivity index (χ3n) is 5.07. The van der Waals surface area contributed by atoms with Gasteiger partial charge in [0, 0.05) is 12.6 Å². The minimum Gasteiger partial charge on any atom is -0.467 e. The summed E-state index contributed by atoms with van der Waals surface area (Å²) < 4.78 is 5.38. The Morgan fingerprint density at radius 1 is 1.20 bits per heavy atom. The van der Waals surface area contributed by atoms with Crippen molar-refractivity contribution in [2.45, 2.75) is 51.1 Å². The first kappa shape index (κ1) is 17.7. The molecule has 1 atom stereocenters. The topological polar surface area (TPSA) is 45.5 Å². The molecule has 0 aliphatic heterocycles. The monoisotopic (exact) mass is 340 g/mol. The van der Waals surface area contributed by atoms with E-state index in [1.165, 1.54) is 31.2 Å². The minimum absolute atomic E-state index is 0.0730. The molecule has 1 amide bonds. The van der Waals surface area contributed by atoms with Crippen LogP contribution in [0.25, 0.3) is 0 Å². The van der Waals surface area contributed by atoms with Crippen LogP contribution in [0.5, 0.6) is 0 Å². The highest BCUT2D eigenvalue weighted by Gasteiger charge is 2.24. The van der Waals surface area contributed by atoms with E-state index in [-0.39, 0.29) is 11.9 Å². The summed E-state index contributed by atoms with van der Waals surface area (Å²) >= 11 is 0. The van der Waals surface area contributed by atoms with Crippen LogP contribution in [0.15, 0.2) is 53.1 Å². The van der Waals surface area contributed by atoms with Crippen molar-refractivity contribution in [3.63, 3.8) is 0 Å². The second-order valence-corrected chi connectivity index (χ2v) is 6.95. The van der Waals surface area contributed by atoms with E-state index in [0.717, 1.165) is 18.7 Å². The van der Waals surface area contributed by atoms with Crippen molar-refractivity contribution in [1.29, 1.82) is 0 Å². The maximum Gasteiger partial charge on any atom is 0.234 e. The number of amides is 1. The molecule has 1 aromatic carbocycles. The van der Waals surface area contributed by atoms with Gasteiger partial charge in [-0.2, -0.15) is 0 Å². The maximum atomic E-state index is 12.5. The zero-order chi connectivity index (χ0) is 17.5. The van der Waals surface area contributed by atoms with E-state index in [1.54, 1.807) is 6.26 Å². The fourth-order valence-electron chi connectivity index (χ4n) is 3.66. The van der Waals surface area contributed by atoms with Gasteiger partial charge in [-0.15, -0.1) is 0 Å². The number of rotatable bonds is 8. The molecule has 0 bridgehead atoms. The molecule has 1 aliphatic carbocycles.